The van der Waals surface area contributed by atoms with Crippen molar-refractivity contribution >= 4 is 17.8 Å². The standard InChI is InChI=1S/C19H26N2O5/c20-11-14-1-6-15(7-2-14)19(24)26-16-8-3-13(4-9-16)5-10-18(23)25-12-17(21)22/h3-4,8-9,14-15H,1-2,5-7,10-12,20H2,(H2,21,22)/t14-,15-. The monoisotopic (exact) mass is 362 g/mol. The predicted octanol–water partition coefficient (Wildman–Crippen LogP) is 1.32. The average Bonchev–Trinajstić information content (AvgIpc) is 2.65. The van der Waals surface area contributed by atoms with Gasteiger partial charge in [-0.15, -0.1) is 0 Å². The van der Waals surface area contributed by atoms with Gasteiger partial charge in [0.15, 0.2) is 6.61 Å². The smallest absolute Gasteiger partial charge is 0.314 e. The number of nitrogens with two attached hydrogens (primary N) is 2. The first kappa shape index (κ1) is 19.9. The van der Waals surface area contributed by atoms with Crippen LogP contribution >= 0.6 is 0 Å². The summed E-state index contributed by atoms with van der Waals surface area (Å²) < 4.78 is 10.1. The molecule has 0 saturated heterocycles. The summed E-state index contributed by atoms with van der Waals surface area (Å²) in [4.78, 5) is 34.2. The van der Waals surface area contributed by atoms with Crippen LogP contribution in [0, 0.1) is 11.8 Å². The molecule has 142 valence electrons. The van der Waals surface area contributed by atoms with Crippen LogP contribution in [0.5, 0.6) is 5.75 Å². The Kier molecular flexibility index (Phi) is 7.59. The van der Waals surface area contributed by atoms with Gasteiger partial charge in [-0.3, -0.25) is 14.4 Å². The average molecular weight is 362 g/mol. The maximum atomic E-state index is 12.2. The number of rotatable bonds is 8. The summed E-state index contributed by atoms with van der Waals surface area (Å²) in [5.74, 6) is -0.391. The number of benzene rings is 1. The minimum atomic E-state index is -0.680. The van der Waals surface area contributed by atoms with E-state index in [9.17, 15) is 14.4 Å². The normalized spacial score (nSPS) is 19.6. The Bertz CT molecular complexity index is 621. The molecule has 0 heterocycles. The van der Waals surface area contributed by atoms with Gasteiger partial charge >= 0.3 is 11.9 Å². The van der Waals surface area contributed by atoms with Crippen LogP contribution in [0.4, 0.5) is 0 Å². The first-order valence-electron chi connectivity index (χ1n) is 8.92. The second kappa shape index (κ2) is 9.91. The topological polar surface area (TPSA) is 122 Å². The largest absolute Gasteiger partial charge is 0.456 e. The molecule has 2 rings (SSSR count). The van der Waals surface area contributed by atoms with Crippen LogP contribution in [-0.2, 0) is 25.5 Å². The molecule has 4 N–H and O–H groups in total. The van der Waals surface area contributed by atoms with Gasteiger partial charge < -0.3 is 20.9 Å². The first-order valence-corrected chi connectivity index (χ1v) is 8.92. The van der Waals surface area contributed by atoms with Crippen LogP contribution in [0.25, 0.3) is 0 Å². The van der Waals surface area contributed by atoms with E-state index < -0.39 is 18.5 Å². The number of ether oxygens (including phenoxy) is 2. The predicted molar refractivity (Wildman–Crippen MR) is 95.1 cm³/mol. The van der Waals surface area contributed by atoms with Crippen molar-refractivity contribution in [1.82, 2.24) is 0 Å². The minimum absolute atomic E-state index is 0.0579. The fraction of sp³-hybridized carbons (Fsp3) is 0.526. The van der Waals surface area contributed by atoms with Gasteiger partial charge in [-0.1, -0.05) is 12.1 Å². The van der Waals surface area contributed by atoms with Crippen molar-refractivity contribution in [2.24, 2.45) is 23.3 Å². The van der Waals surface area contributed by atoms with Crippen LogP contribution < -0.4 is 16.2 Å². The fourth-order valence-corrected chi connectivity index (χ4v) is 3.03. The summed E-state index contributed by atoms with van der Waals surface area (Å²) in [6.45, 7) is 0.278. The third-order valence-electron chi connectivity index (χ3n) is 4.65. The Morgan fingerprint density at radius 1 is 1.04 bits per heavy atom. The molecule has 7 nitrogen and oxygen atoms in total. The molecule has 0 bridgehead atoms. The molecule has 0 aromatic heterocycles. The van der Waals surface area contributed by atoms with E-state index in [1.54, 1.807) is 24.3 Å². The molecule has 1 amide bonds. The zero-order chi connectivity index (χ0) is 18.9. The van der Waals surface area contributed by atoms with E-state index in [0.717, 1.165) is 31.2 Å². The van der Waals surface area contributed by atoms with Crippen molar-refractivity contribution in [1.29, 1.82) is 0 Å². The van der Waals surface area contributed by atoms with E-state index in [4.69, 9.17) is 20.9 Å². The lowest BCUT2D eigenvalue weighted by atomic mass is 9.82. The lowest BCUT2D eigenvalue weighted by molar-refractivity contribution is -0.147. The van der Waals surface area contributed by atoms with Gasteiger partial charge in [0.05, 0.1) is 5.92 Å². The fourth-order valence-electron chi connectivity index (χ4n) is 3.03. The van der Waals surface area contributed by atoms with Gasteiger partial charge in [0, 0.05) is 6.42 Å². The number of esters is 2. The molecule has 26 heavy (non-hydrogen) atoms. The maximum absolute atomic E-state index is 12.2. The highest BCUT2D eigenvalue weighted by Gasteiger charge is 2.27. The molecule has 7 heteroatoms. The molecule has 1 saturated carbocycles. The molecule has 0 spiro atoms. The van der Waals surface area contributed by atoms with Crippen LogP contribution in [0.3, 0.4) is 0 Å². The molecular formula is C19H26N2O5. The molecule has 1 aliphatic carbocycles. The third kappa shape index (κ3) is 6.48. The molecule has 1 fully saturated rings. The van der Waals surface area contributed by atoms with Gasteiger partial charge in [-0.25, -0.2) is 0 Å². The zero-order valence-electron chi connectivity index (χ0n) is 14.8. The number of hydrogen-bond acceptors (Lipinski definition) is 6. The highest BCUT2D eigenvalue weighted by molar-refractivity contribution is 5.79. The molecule has 1 aliphatic rings. The third-order valence-corrected chi connectivity index (χ3v) is 4.65. The van der Waals surface area contributed by atoms with Crippen molar-refractivity contribution in [3.8, 4) is 5.75 Å². The second-order valence-corrected chi connectivity index (χ2v) is 6.65. The summed E-state index contributed by atoms with van der Waals surface area (Å²) >= 11 is 0. The molecule has 0 aliphatic heterocycles. The van der Waals surface area contributed by atoms with Crippen LogP contribution in [-0.4, -0.2) is 31.0 Å². The van der Waals surface area contributed by atoms with E-state index in [2.05, 4.69) is 0 Å². The van der Waals surface area contributed by atoms with Gasteiger partial charge in [-0.05, 0) is 62.3 Å². The number of carbonyl (C=O) groups excluding carboxylic acids is 3. The Balaban J connectivity index is 1.75. The Hall–Kier alpha value is -2.41. The van der Waals surface area contributed by atoms with E-state index >= 15 is 0 Å². The lowest BCUT2D eigenvalue weighted by Crippen LogP contribution is -2.28. The summed E-state index contributed by atoms with van der Waals surface area (Å²) in [5.41, 5.74) is 11.5. The van der Waals surface area contributed by atoms with E-state index in [0.29, 0.717) is 24.6 Å². The van der Waals surface area contributed by atoms with Crippen LogP contribution in [0.1, 0.15) is 37.7 Å². The summed E-state index contributed by atoms with van der Waals surface area (Å²) in [6, 6.07) is 7.03. The van der Waals surface area contributed by atoms with Crippen molar-refractivity contribution in [2.45, 2.75) is 38.5 Å². The SMILES string of the molecule is NC[C@H]1CC[C@H](C(=O)Oc2ccc(CCC(=O)OCC(N)=O)cc2)CC1. The highest BCUT2D eigenvalue weighted by Crippen LogP contribution is 2.29. The molecule has 0 unspecified atom stereocenters. The van der Waals surface area contributed by atoms with Gasteiger partial charge in [0.1, 0.15) is 5.75 Å². The minimum Gasteiger partial charge on any atom is -0.456 e. The molecule has 0 radical (unpaired) electrons. The molecule has 1 aromatic rings. The number of hydrogen-bond donors (Lipinski definition) is 2. The quantitative estimate of drug-likeness (QED) is 0.531. The van der Waals surface area contributed by atoms with E-state index in [1.807, 2.05) is 0 Å². The number of primary amides is 1. The van der Waals surface area contributed by atoms with Crippen molar-refractivity contribution in [2.75, 3.05) is 13.2 Å². The van der Waals surface area contributed by atoms with Crippen molar-refractivity contribution in [3.05, 3.63) is 29.8 Å². The van der Waals surface area contributed by atoms with Crippen LogP contribution in [0.2, 0.25) is 0 Å². The Morgan fingerprint density at radius 2 is 1.69 bits per heavy atom. The summed E-state index contributed by atoms with van der Waals surface area (Å²) in [6.07, 6.45) is 4.21. The maximum Gasteiger partial charge on any atom is 0.314 e. The Morgan fingerprint density at radius 3 is 2.27 bits per heavy atom. The second-order valence-electron chi connectivity index (χ2n) is 6.65. The number of carbonyl (C=O) groups is 3. The van der Waals surface area contributed by atoms with Crippen molar-refractivity contribution < 1.29 is 23.9 Å². The van der Waals surface area contributed by atoms with Crippen LogP contribution in [0.15, 0.2) is 24.3 Å². The lowest BCUT2D eigenvalue weighted by Gasteiger charge is -2.26. The summed E-state index contributed by atoms with van der Waals surface area (Å²) in [5, 5.41) is 0. The van der Waals surface area contributed by atoms with Gasteiger partial charge in [0.2, 0.25) is 0 Å². The molecular weight excluding hydrogens is 336 g/mol. The molecule has 0 atom stereocenters. The van der Waals surface area contributed by atoms with Gasteiger partial charge in [-0.2, -0.15) is 0 Å². The van der Waals surface area contributed by atoms with E-state index in [-0.39, 0.29) is 18.3 Å². The summed E-state index contributed by atoms with van der Waals surface area (Å²) in [7, 11) is 0. The number of aryl methyl sites for hydroxylation is 1. The van der Waals surface area contributed by atoms with Crippen molar-refractivity contribution in [3.63, 3.8) is 0 Å². The first-order chi connectivity index (χ1) is 12.5. The highest BCUT2D eigenvalue weighted by atomic mass is 16.5. The molecule has 1 aromatic carbocycles. The zero-order valence-corrected chi connectivity index (χ0v) is 14.8. The Labute approximate surface area is 153 Å². The van der Waals surface area contributed by atoms with Gasteiger partial charge in [0.25, 0.3) is 5.91 Å². The van der Waals surface area contributed by atoms with E-state index in [1.165, 1.54) is 0 Å². The number of amides is 1.